The van der Waals surface area contributed by atoms with Crippen LogP contribution in [0.2, 0.25) is 0 Å². The average Bonchev–Trinajstić information content (AvgIpc) is 2.77. The summed E-state index contributed by atoms with van der Waals surface area (Å²) in [5, 5.41) is 26.7. The Hall–Kier alpha value is -2.00. The Labute approximate surface area is 110 Å². The molecule has 1 rings (SSSR count). The highest BCUT2D eigenvalue weighted by Gasteiger charge is 2.12. The first-order valence-corrected chi connectivity index (χ1v) is 5.66. The number of nitrogens with one attached hydrogen (secondary N) is 1. The first-order valence-electron chi connectivity index (χ1n) is 5.66. The summed E-state index contributed by atoms with van der Waals surface area (Å²) < 4.78 is 1.29. The minimum atomic E-state index is -0.783. The Bertz CT molecular complexity index is 445. The first-order chi connectivity index (χ1) is 8.90. The van der Waals surface area contributed by atoms with Crippen molar-refractivity contribution in [1.29, 1.82) is 0 Å². The van der Waals surface area contributed by atoms with Gasteiger partial charge in [0.05, 0.1) is 24.1 Å². The molecule has 0 aliphatic heterocycles. The molecular formula is C10H17N5O4. The topological polar surface area (TPSA) is 114 Å². The highest BCUT2D eigenvalue weighted by molar-refractivity contribution is 5.77. The zero-order valence-corrected chi connectivity index (χ0v) is 10.8. The largest absolute Gasteiger partial charge is 0.390 e. The van der Waals surface area contributed by atoms with Crippen LogP contribution in [0.1, 0.15) is 0 Å². The number of carbonyl (C=O) groups excluding carboxylic acids is 1. The number of carbonyl (C=O) groups is 1. The number of nitro groups is 1. The van der Waals surface area contributed by atoms with Gasteiger partial charge in [0.25, 0.3) is 0 Å². The fourth-order valence-corrected chi connectivity index (χ4v) is 1.33. The summed E-state index contributed by atoms with van der Waals surface area (Å²) in [6.07, 6.45) is 1.58. The Balaban J connectivity index is 2.32. The first kappa shape index (κ1) is 15.1. The molecule has 0 spiro atoms. The van der Waals surface area contributed by atoms with Gasteiger partial charge in [-0.15, -0.1) is 0 Å². The molecule has 9 nitrogen and oxygen atoms in total. The second-order valence-electron chi connectivity index (χ2n) is 4.25. The molecule has 1 heterocycles. The highest BCUT2D eigenvalue weighted by Crippen LogP contribution is 2.07. The van der Waals surface area contributed by atoms with Crippen molar-refractivity contribution in [2.75, 3.05) is 27.2 Å². The summed E-state index contributed by atoms with van der Waals surface area (Å²) in [4.78, 5) is 22.6. The highest BCUT2D eigenvalue weighted by atomic mass is 16.6. The van der Waals surface area contributed by atoms with Gasteiger partial charge in [0.1, 0.15) is 12.4 Å². The summed E-state index contributed by atoms with van der Waals surface area (Å²) in [7, 11) is 3.28. The summed E-state index contributed by atoms with van der Waals surface area (Å²) in [6, 6.07) is 0. The number of amides is 1. The summed E-state index contributed by atoms with van der Waals surface area (Å²) in [6.45, 7) is 0.452. The van der Waals surface area contributed by atoms with E-state index in [9.17, 15) is 20.0 Å². The van der Waals surface area contributed by atoms with E-state index in [1.165, 1.54) is 15.8 Å². The van der Waals surface area contributed by atoms with E-state index in [1.807, 2.05) is 0 Å². The second kappa shape index (κ2) is 6.81. The molecule has 0 aliphatic carbocycles. The third-order valence-electron chi connectivity index (χ3n) is 2.38. The summed E-state index contributed by atoms with van der Waals surface area (Å²) >= 11 is 0. The van der Waals surface area contributed by atoms with Gasteiger partial charge in [0.2, 0.25) is 5.91 Å². The lowest BCUT2D eigenvalue weighted by Gasteiger charge is -2.13. The molecular weight excluding hydrogens is 254 g/mol. The maximum absolute atomic E-state index is 11.3. The number of hydrogen-bond acceptors (Lipinski definition) is 6. The Morgan fingerprint density at radius 2 is 2.37 bits per heavy atom. The van der Waals surface area contributed by atoms with Crippen LogP contribution in [0.15, 0.2) is 12.4 Å². The van der Waals surface area contributed by atoms with Crippen LogP contribution in [0.25, 0.3) is 0 Å². The van der Waals surface area contributed by atoms with Crippen LogP contribution >= 0.6 is 0 Å². The number of aromatic nitrogens is 2. The van der Waals surface area contributed by atoms with Crippen molar-refractivity contribution >= 4 is 11.6 Å². The van der Waals surface area contributed by atoms with E-state index >= 15 is 0 Å². The molecule has 1 aromatic rings. The van der Waals surface area contributed by atoms with Gasteiger partial charge < -0.3 is 15.3 Å². The molecule has 19 heavy (non-hydrogen) atoms. The van der Waals surface area contributed by atoms with Crippen LogP contribution in [-0.4, -0.2) is 63.9 Å². The van der Waals surface area contributed by atoms with Crippen LogP contribution in [0.4, 0.5) is 5.69 Å². The minimum Gasteiger partial charge on any atom is -0.390 e. The lowest BCUT2D eigenvalue weighted by molar-refractivity contribution is -0.385. The molecule has 1 atom stereocenters. The third kappa shape index (κ3) is 5.02. The third-order valence-corrected chi connectivity index (χ3v) is 2.38. The zero-order chi connectivity index (χ0) is 14.4. The SMILES string of the molecule is CN(C)C(=O)CNCC(O)Cn1cc([N+](=O)[O-])cn1. The molecule has 9 heteroatoms. The van der Waals surface area contributed by atoms with Crippen molar-refractivity contribution in [3.05, 3.63) is 22.5 Å². The van der Waals surface area contributed by atoms with Crippen LogP contribution < -0.4 is 5.32 Å². The zero-order valence-electron chi connectivity index (χ0n) is 10.8. The molecule has 0 aromatic carbocycles. The van der Waals surface area contributed by atoms with Gasteiger partial charge in [-0.05, 0) is 0 Å². The molecule has 1 aromatic heterocycles. The fourth-order valence-electron chi connectivity index (χ4n) is 1.33. The smallest absolute Gasteiger partial charge is 0.306 e. The van der Waals surface area contributed by atoms with Gasteiger partial charge in [0, 0.05) is 20.6 Å². The Morgan fingerprint density at radius 3 is 2.89 bits per heavy atom. The van der Waals surface area contributed by atoms with Crippen molar-refractivity contribution in [3.63, 3.8) is 0 Å². The molecule has 0 saturated carbocycles. The van der Waals surface area contributed by atoms with Crippen molar-refractivity contribution < 1.29 is 14.8 Å². The van der Waals surface area contributed by atoms with E-state index in [-0.39, 0.29) is 31.2 Å². The number of aliphatic hydroxyl groups excluding tert-OH is 1. The van der Waals surface area contributed by atoms with E-state index in [0.717, 1.165) is 6.20 Å². The Kier molecular flexibility index (Phi) is 5.39. The van der Waals surface area contributed by atoms with E-state index in [4.69, 9.17) is 0 Å². The molecule has 106 valence electrons. The fraction of sp³-hybridized carbons (Fsp3) is 0.600. The Morgan fingerprint density at radius 1 is 1.68 bits per heavy atom. The number of hydrogen-bond donors (Lipinski definition) is 2. The standard InChI is InChI=1S/C10H17N5O4/c1-13(2)10(17)5-11-4-9(16)7-14-6-8(3-12-14)15(18)19/h3,6,9,11,16H,4-5,7H2,1-2H3. The summed E-state index contributed by atoms with van der Waals surface area (Å²) in [5.74, 6) is -0.0954. The molecule has 0 radical (unpaired) electrons. The molecule has 2 N–H and O–H groups in total. The van der Waals surface area contributed by atoms with E-state index < -0.39 is 11.0 Å². The van der Waals surface area contributed by atoms with Crippen LogP contribution in [-0.2, 0) is 11.3 Å². The van der Waals surface area contributed by atoms with Gasteiger partial charge in [-0.1, -0.05) is 0 Å². The van der Waals surface area contributed by atoms with Gasteiger partial charge >= 0.3 is 5.69 Å². The lowest BCUT2D eigenvalue weighted by Crippen LogP contribution is -2.37. The number of rotatable bonds is 7. The molecule has 1 unspecified atom stereocenters. The van der Waals surface area contributed by atoms with E-state index in [0.29, 0.717) is 0 Å². The maximum Gasteiger partial charge on any atom is 0.306 e. The maximum atomic E-state index is 11.3. The quantitative estimate of drug-likeness (QED) is 0.477. The average molecular weight is 271 g/mol. The lowest BCUT2D eigenvalue weighted by atomic mass is 10.3. The predicted molar refractivity (Wildman–Crippen MR) is 66.5 cm³/mol. The monoisotopic (exact) mass is 271 g/mol. The van der Waals surface area contributed by atoms with Crippen LogP contribution in [0.3, 0.4) is 0 Å². The number of nitrogens with zero attached hydrogens (tertiary/aromatic N) is 4. The van der Waals surface area contributed by atoms with Gasteiger partial charge in [-0.2, -0.15) is 5.10 Å². The van der Waals surface area contributed by atoms with Crippen molar-refractivity contribution in [1.82, 2.24) is 20.0 Å². The van der Waals surface area contributed by atoms with Crippen molar-refractivity contribution in [2.45, 2.75) is 12.6 Å². The van der Waals surface area contributed by atoms with Crippen molar-refractivity contribution in [3.8, 4) is 0 Å². The van der Waals surface area contributed by atoms with Gasteiger partial charge in [-0.3, -0.25) is 19.6 Å². The number of aliphatic hydroxyl groups is 1. The molecule has 0 bridgehead atoms. The predicted octanol–water partition coefficient (Wildman–Crippen LogP) is -1.17. The normalized spacial score (nSPS) is 12.2. The van der Waals surface area contributed by atoms with E-state index in [1.54, 1.807) is 14.1 Å². The van der Waals surface area contributed by atoms with Gasteiger partial charge in [0.15, 0.2) is 0 Å². The van der Waals surface area contributed by atoms with E-state index in [2.05, 4.69) is 10.4 Å². The van der Waals surface area contributed by atoms with Gasteiger partial charge in [-0.25, -0.2) is 0 Å². The van der Waals surface area contributed by atoms with Crippen molar-refractivity contribution in [2.24, 2.45) is 0 Å². The number of likely N-dealkylation sites (N-methyl/N-ethyl adjacent to an activating group) is 1. The van der Waals surface area contributed by atoms with Crippen LogP contribution in [0.5, 0.6) is 0 Å². The summed E-state index contributed by atoms with van der Waals surface area (Å²) in [5.41, 5.74) is -0.122. The molecule has 0 fully saturated rings. The molecule has 1 amide bonds. The minimum absolute atomic E-state index is 0.0954. The molecule has 0 aliphatic rings. The second-order valence-corrected chi connectivity index (χ2v) is 4.25. The molecule has 0 saturated heterocycles. The van der Waals surface area contributed by atoms with Crippen LogP contribution in [0, 0.1) is 10.1 Å².